The first-order valence-corrected chi connectivity index (χ1v) is 13.8. The molecule has 1 amide bonds. The van der Waals surface area contributed by atoms with Crippen molar-refractivity contribution >= 4 is 11.7 Å². The van der Waals surface area contributed by atoms with Crippen LogP contribution in [0.1, 0.15) is 54.2 Å². The van der Waals surface area contributed by atoms with Gasteiger partial charge in [0.05, 0.1) is 17.9 Å². The Hall–Kier alpha value is -2.60. The first-order chi connectivity index (χ1) is 18.4. The highest BCUT2D eigenvalue weighted by atomic mass is 16.7. The standard InChI is InChI=1S/C28H42N4O7/c1-9-20-14(2)17(5)27(37-20)39-24(22-25(35)31(8)19(18(6)33)10-12-30(22)7)23-15(3)16(4)26(38-23)32-13-11-21(34)29-28(32)36/h10-11,13-17,20,22-24,26-27H,9,12H2,1-8H3,(H,29,34,36)/t14?,15?,16?,17?,20?,22?,23?,24-,26?,27?/m0/s1. The molecule has 2 fully saturated rings. The number of ketones is 1. The molecule has 0 saturated carbocycles. The lowest BCUT2D eigenvalue weighted by Gasteiger charge is -2.39. The Bertz CT molecular complexity index is 1220. The zero-order valence-corrected chi connectivity index (χ0v) is 24.1. The number of rotatable bonds is 7. The van der Waals surface area contributed by atoms with Crippen LogP contribution < -0.4 is 11.2 Å². The number of aromatic amines is 1. The number of allylic oxidation sites excluding steroid dienone is 1. The lowest BCUT2D eigenvalue weighted by molar-refractivity contribution is -0.221. The van der Waals surface area contributed by atoms with E-state index >= 15 is 0 Å². The van der Waals surface area contributed by atoms with Crippen LogP contribution in [0.4, 0.5) is 0 Å². The average Bonchev–Trinajstić information content (AvgIpc) is 3.28. The quantitative estimate of drug-likeness (QED) is 0.549. The van der Waals surface area contributed by atoms with Gasteiger partial charge >= 0.3 is 5.69 Å². The van der Waals surface area contributed by atoms with E-state index in [1.807, 2.05) is 25.8 Å². The summed E-state index contributed by atoms with van der Waals surface area (Å²) in [6.07, 6.45) is 1.51. The highest BCUT2D eigenvalue weighted by molar-refractivity contribution is 5.98. The fourth-order valence-electron chi connectivity index (χ4n) is 6.17. The van der Waals surface area contributed by atoms with E-state index in [9.17, 15) is 19.2 Å². The van der Waals surface area contributed by atoms with E-state index in [0.717, 1.165) is 6.42 Å². The zero-order chi connectivity index (χ0) is 28.8. The van der Waals surface area contributed by atoms with Gasteiger partial charge in [-0.05, 0) is 31.4 Å². The molecule has 0 radical (unpaired) electrons. The summed E-state index contributed by atoms with van der Waals surface area (Å²) in [6, 6.07) is 0.511. The van der Waals surface area contributed by atoms with Gasteiger partial charge in [-0.15, -0.1) is 0 Å². The van der Waals surface area contributed by atoms with Gasteiger partial charge in [0.1, 0.15) is 18.4 Å². The van der Waals surface area contributed by atoms with Crippen molar-refractivity contribution in [3.05, 3.63) is 44.9 Å². The molecule has 4 rings (SSSR count). The number of carbonyl (C=O) groups excluding carboxylic acids is 2. The van der Waals surface area contributed by atoms with Gasteiger partial charge in [-0.3, -0.25) is 28.8 Å². The van der Waals surface area contributed by atoms with Gasteiger partial charge in [-0.2, -0.15) is 0 Å². The Morgan fingerprint density at radius 1 is 1.08 bits per heavy atom. The van der Waals surface area contributed by atoms with Gasteiger partial charge in [-0.25, -0.2) is 4.79 Å². The van der Waals surface area contributed by atoms with Crippen LogP contribution in [0.2, 0.25) is 0 Å². The number of nitrogens with one attached hydrogen (secondary N) is 1. The van der Waals surface area contributed by atoms with Gasteiger partial charge in [0, 0.05) is 44.6 Å². The third-order valence-electron chi connectivity index (χ3n) is 9.05. The van der Waals surface area contributed by atoms with Crippen molar-refractivity contribution < 1.29 is 23.8 Å². The van der Waals surface area contributed by atoms with Crippen LogP contribution in [0.25, 0.3) is 0 Å². The lowest BCUT2D eigenvalue weighted by Crippen LogP contribution is -2.57. The van der Waals surface area contributed by atoms with Crippen molar-refractivity contribution in [3.63, 3.8) is 0 Å². The van der Waals surface area contributed by atoms with Crippen molar-refractivity contribution in [2.75, 3.05) is 20.6 Å². The zero-order valence-electron chi connectivity index (χ0n) is 24.1. The Labute approximate surface area is 229 Å². The number of likely N-dealkylation sites (N-methyl/N-ethyl adjacent to an activating group) is 2. The number of ether oxygens (including phenoxy) is 3. The molecule has 1 N–H and O–H groups in total. The number of hydrogen-bond donors (Lipinski definition) is 1. The molecule has 39 heavy (non-hydrogen) atoms. The van der Waals surface area contributed by atoms with Crippen LogP contribution in [-0.4, -0.2) is 82.3 Å². The molecule has 1 aromatic rings. The molecule has 2 saturated heterocycles. The minimum atomic E-state index is -0.777. The van der Waals surface area contributed by atoms with Gasteiger partial charge in [-0.1, -0.05) is 34.6 Å². The molecule has 11 heteroatoms. The molecule has 3 aliphatic heterocycles. The van der Waals surface area contributed by atoms with Crippen molar-refractivity contribution in [2.45, 2.75) is 84.8 Å². The molecule has 3 aliphatic rings. The maximum Gasteiger partial charge on any atom is 0.330 e. The van der Waals surface area contributed by atoms with E-state index in [2.05, 4.69) is 25.8 Å². The molecule has 10 atom stereocenters. The summed E-state index contributed by atoms with van der Waals surface area (Å²) >= 11 is 0. The van der Waals surface area contributed by atoms with Gasteiger partial charge in [0.25, 0.3) is 5.56 Å². The van der Waals surface area contributed by atoms with Crippen molar-refractivity contribution in [1.29, 1.82) is 0 Å². The Kier molecular flexibility index (Phi) is 8.65. The Balaban J connectivity index is 1.73. The first kappa shape index (κ1) is 29.4. The highest BCUT2D eigenvalue weighted by Gasteiger charge is 2.52. The Morgan fingerprint density at radius 2 is 1.77 bits per heavy atom. The first-order valence-electron chi connectivity index (χ1n) is 13.8. The topological polar surface area (TPSA) is 123 Å². The summed E-state index contributed by atoms with van der Waals surface area (Å²) in [5.41, 5.74) is -0.707. The molecule has 9 unspecified atom stereocenters. The third-order valence-corrected chi connectivity index (χ3v) is 9.05. The fourth-order valence-corrected chi connectivity index (χ4v) is 6.17. The Morgan fingerprint density at radius 3 is 2.36 bits per heavy atom. The van der Waals surface area contributed by atoms with Crippen LogP contribution in [0.15, 0.2) is 33.6 Å². The molecule has 216 valence electrons. The second-order valence-electron chi connectivity index (χ2n) is 11.4. The molecule has 11 nitrogen and oxygen atoms in total. The normalized spacial score (nSPS) is 36.6. The molecule has 4 heterocycles. The van der Waals surface area contributed by atoms with Crippen LogP contribution >= 0.6 is 0 Å². The van der Waals surface area contributed by atoms with Crippen molar-refractivity contribution in [3.8, 4) is 0 Å². The van der Waals surface area contributed by atoms with E-state index in [1.54, 1.807) is 13.1 Å². The number of carbonyl (C=O) groups is 2. The number of nitrogens with zero attached hydrogens (tertiary/aromatic N) is 3. The summed E-state index contributed by atoms with van der Waals surface area (Å²) in [7, 11) is 3.43. The largest absolute Gasteiger partial charge is 0.351 e. The molecule has 0 spiro atoms. The molecule has 0 aliphatic carbocycles. The van der Waals surface area contributed by atoms with E-state index in [1.165, 1.54) is 28.7 Å². The molecular weight excluding hydrogens is 504 g/mol. The third kappa shape index (κ3) is 5.41. The maximum absolute atomic E-state index is 14.0. The van der Waals surface area contributed by atoms with E-state index in [4.69, 9.17) is 14.2 Å². The monoisotopic (exact) mass is 546 g/mol. The number of amides is 1. The fraction of sp³-hybridized carbons (Fsp3) is 0.714. The number of hydrogen-bond acceptors (Lipinski definition) is 8. The minimum Gasteiger partial charge on any atom is -0.351 e. The second kappa shape index (κ2) is 11.5. The summed E-state index contributed by atoms with van der Waals surface area (Å²) < 4.78 is 21.0. The molecule has 0 bridgehead atoms. The maximum atomic E-state index is 14.0. The second-order valence-corrected chi connectivity index (χ2v) is 11.4. The number of H-pyrrole nitrogens is 1. The molecule has 0 aromatic carbocycles. The van der Waals surface area contributed by atoms with Gasteiger partial charge in [0.2, 0.25) is 5.91 Å². The average molecular weight is 547 g/mol. The van der Waals surface area contributed by atoms with Crippen molar-refractivity contribution in [2.24, 2.45) is 23.7 Å². The number of Topliss-reactive ketones (excluding diaryl/α,β-unsaturated/α-hetero) is 1. The SMILES string of the molecule is CCC1OC(O[C@H](C2OC(n3ccc(=O)[nH]c3=O)C(C)C2C)C2C(=O)N(C)C(C(C)=O)=CCN2C)C(C)C1C. The molecule has 1 aromatic heterocycles. The van der Waals surface area contributed by atoms with Crippen LogP contribution in [0.5, 0.6) is 0 Å². The van der Waals surface area contributed by atoms with Crippen LogP contribution in [-0.2, 0) is 23.8 Å². The number of aromatic nitrogens is 2. The van der Waals surface area contributed by atoms with E-state index < -0.39 is 42.0 Å². The minimum absolute atomic E-state index is 0.0372. The van der Waals surface area contributed by atoms with E-state index in [-0.39, 0.29) is 41.5 Å². The predicted molar refractivity (Wildman–Crippen MR) is 144 cm³/mol. The van der Waals surface area contributed by atoms with Gasteiger partial charge < -0.3 is 19.1 Å². The van der Waals surface area contributed by atoms with Crippen molar-refractivity contribution in [1.82, 2.24) is 19.4 Å². The summed E-state index contributed by atoms with van der Waals surface area (Å²) in [5.74, 6) is -0.375. The lowest BCUT2D eigenvalue weighted by atomic mass is 9.86. The molecular formula is C28H42N4O7. The predicted octanol–water partition coefficient (Wildman–Crippen LogP) is 1.74. The van der Waals surface area contributed by atoms with Crippen LogP contribution in [0.3, 0.4) is 0 Å². The summed E-state index contributed by atoms with van der Waals surface area (Å²) in [4.78, 5) is 56.2. The summed E-state index contributed by atoms with van der Waals surface area (Å²) in [6.45, 7) is 12.1. The highest BCUT2D eigenvalue weighted by Crippen LogP contribution is 2.43. The van der Waals surface area contributed by atoms with E-state index in [0.29, 0.717) is 12.2 Å². The van der Waals surface area contributed by atoms with Gasteiger partial charge in [0.15, 0.2) is 12.1 Å². The summed E-state index contributed by atoms with van der Waals surface area (Å²) in [5, 5.41) is 0. The van der Waals surface area contributed by atoms with Crippen LogP contribution in [0, 0.1) is 23.7 Å². The smallest absolute Gasteiger partial charge is 0.330 e.